The van der Waals surface area contributed by atoms with E-state index in [1.54, 1.807) is 12.1 Å². The molecule has 3 N–H and O–H groups in total. The average Bonchev–Trinajstić information content (AvgIpc) is 2.52. The number of carbonyl (C=O) groups excluding carboxylic acids is 1. The number of amides is 1. The Morgan fingerprint density at radius 3 is 1.90 bits per heavy atom. The number of carbonyl (C=O) groups is 1. The number of nitrogens with one attached hydrogen (secondary N) is 1. The van der Waals surface area contributed by atoms with Gasteiger partial charge in [0.15, 0.2) is 11.5 Å². The number of anilines is 1. The fourth-order valence-corrected chi connectivity index (χ4v) is 1.98. The van der Waals surface area contributed by atoms with E-state index in [9.17, 15) is 4.79 Å². The summed E-state index contributed by atoms with van der Waals surface area (Å²) in [4.78, 5) is 12.3. The second-order valence-corrected chi connectivity index (χ2v) is 4.73. The summed E-state index contributed by atoms with van der Waals surface area (Å²) in [6.07, 6.45) is 1.11. The molecule has 0 unspecified atom stereocenters. The standard InChI is InChI=1S/C15H24N2O4/c1-6-15(16,7-2)14(18)17-10-8-11(19-3)13(21-5)12(9-10)20-4/h8-9H,6-7,16H2,1-5H3,(H,17,18). The van der Waals surface area contributed by atoms with Crippen LogP contribution in [-0.4, -0.2) is 32.8 Å². The van der Waals surface area contributed by atoms with Crippen LogP contribution in [0.15, 0.2) is 12.1 Å². The zero-order valence-corrected chi connectivity index (χ0v) is 13.3. The van der Waals surface area contributed by atoms with Gasteiger partial charge in [-0.2, -0.15) is 0 Å². The molecule has 0 aliphatic carbocycles. The van der Waals surface area contributed by atoms with Crippen molar-refractivity contribution in [3.63, 3.8) is 0 Å². The van der Waals surface area contributed by atoms with Crippen molar-refractivity contribution >= 4 is 11.6 Å². The van der Waals surface area contributed by atoms with Crippen LogP contribution in [0.2, 0.25) is 0 Å². The smallest absolute Gasteiger partial charge is 0.244 e. The van der Waals surface area contributed by atoms with Gasteiger partial charge in [0.1, 0.15) is 0 Å². The summed E-state index contributed by atoms with van der Waals surface area (Å²) in [5.41, 5.74) is 5.74. The largest absolute Gasteiger partial charge is 0.493 e. The highest BCUT2D eigenvalue weighted by molar-refractivity contribution is 5.98. The predicted molar refractivity (Wildman–Crippen MR) is 82.2 cm³/mol. The minimum Gasteiger partial charge on any atom is -0.493 e. The molecule has 0 radical (unpaired) electrons. The van der Waals surface area contributed by atoms with Crippen molar-refractivity contribution in [3.8, 4) is 17.2 Å². The average molecular weight is 296 g/mol. The van der Waals surface area contributed by atoms with Gasteiger partial charge < -0.3 is 25.3 Å². The molecule has 1 aromatic carbocycles. The maximum atomic E-state index is 12.3. The summed E-state index contributed by atoms with van der Waals surface area (Å²) in [5.74, 6) is 1.19. The number of hydrogen-bond acceptors (Lipinski definition) is 5. The van der Waals surface area contributed by atoms with Gasteiger partial charge in [0, 0.05) is 17.8 Å². The first-order valence-corrected chi connectivity index (χ1v) is 6.86. The monoisotopic (exact) mass is 296 g/mol. The van der Waals surface area contributed by atoms with E-state index in [4.69, 9.17) is 19.9 Å². The minimum atomic E-state index is -0.888. The third-order valence-electron chi connectivity index (χ3n) is 3.64. The van der Waals surface area contributed by atoms with Crippen LogP contribution in [0.3, 0.4) is 0 Å². The van der Waals surface area contributed by atoms with Gasteiger partial charge in [-0.05, 0) is 12.8 Å². The number of nitrogens with two attached hydrogens (primary N) is 1. The maximum absolute atomic E-state index is 12.3. The number of benzene rings is 1. The molecule has 1 amide bonds. The normalized spacial score (nSPS) is 11.0. The van der Waals surface area contributed by atoms with Crippen molar-refractivity contribution in [2.45, 2.75) is 32.2 Å². The molecule has 0 aliphatic heterocycles. The van der Waals surface area contributed by atoms with Gasteiger partial charge in [-0.15, -0.1) is 0 Å². The van der Waals surface area contributed by atoms with E-state index in [1.807, 2.05) is 13.8 Å². The molecular formula is C15H24N2O4. The van der Waals surface area contributed by atoms with Crippen molar-refractivity contribution < 1.29 is 19.0 Å². The molecule has 0 saturated carbocycles. The Bertz CT molecular complexity index is 473. The molecule has 118 valence electrons. The second-order valence-electron chi connectivity index (χ2n) is 4.73. The lowest BCUT2D eigenvalue weighted by Crippen LogP contribution is -2.50. The highest BCUT2D eigenvalue weighted by Gasteiger charge is 2.30. The van der Waals surface area contributed by atoms with Crippen LogP contribution < -0.4 is 25.3 Å². The van der Waals surface area contributed by atoms with E-state index in [0.29, 0.717) is 35.8 Å². The summed E-state index contributed by atoms with van der Waals surface area (Å²) in [7, 11) is 4.57. The van der Waals surface area contributed by atoms with Gasteiger partial charge in [0.05, 0.1) is 26.9 Å². The third kappa shape index (κ3) is 3.58. The van der Waals surface area contributed by atoms with Gasteiger partial charge in [0.2, 0.25) is 11.7 Å². The molecule has 6 nitrogen and oxygen atoms in total. The highest BCUT2D eigenvalue weighted by atomic mass is 16.5. The van der Waals surface area contributed by atoms with Crippen molar-refractivity contribution in [3.05, 3.63) is 12.1 Å². The second kappa shape index (κ2) is 7.17. The fourth-order valence-electron chi connectivity index (χ4n) is 1.98. The van der Waals surface area contributed by atoms with Crippen LogP contribution >= 0.6 is 0 Å². The number of ether oxygens (including phenoxy) is 3. The predicted octanol–water partition coefficient (Wildman–Crippen LogP) is 2.17. The van der Waals surface area contributed by atoms with Crippen LogP contribution in [-0.2, 0) is 4.79 Å². The van der Waals surface area contributed by atoms with Crippen molar-refractivity contribution in [2.75, 3.05) is 26.6 Å². The van der Waals surface area contributed by atoms with Gasteiger partial charge in [-0.1, -0.05) is 13.8 Å². The third-order valence-corrected chi connectivity index (χ3v) is 3.64. The van der Waals surface area contributed by atoms with Crippen molar-refractivity contribution in [1.82, 2.24) is 0 Å². The summed E-state index contributed by atoms with van der Waals surface area (Å²) in [6, 6.07) is 3.34. The van der Waals surface area contributed by atoms with Gasteiger partial charge >= 0.3 is 0 Å². The Labute approximate surface area is 125 Å². The van der Waals surface area contributed by atoms with Crippen LogP contribution in [0.4, 0.5) is 5.69 Å². The fraction of sp³-hybridized carbons (Fsp3) is 0.533. The van der Waals surface area contributed by atoms with Gasteiger partial charge in [-0.3, -0.25) is 4.79 Å². The maximum Gasteiger partial charge on any atom is 0.244 e. The molecule has 0 spiro atoms. The molecular weight excluding hydrogens is 272 g/mol. The molecule has 0 atom stereocenters. The van der Waals surface area contributed by atoms with Gasteiger partial charge in [-0.25, -0.2) is 0 Å². The Kier molecular flexibility index (Phi) is 5.84. The first-order valence-electron chi connectivity index (χ1n) is 6.86. The number of hydrogen-bond donors (Lipinski definition) is 2. The number of rotatable bonds is 7. The zero-order chi connectivity index (χ0) is 16.0. The van der Waals surface area contributed by atoms with E-state index in [1.165, 1.54) is 21.3 Å². The Morgan fingerprint density at radius 2 is 1.57 bits per heavy atom. The van der Waals surface area contributed by atoms with Crippen molar-refractivity contribution in [1.29, 1.82) is 0 Å². The molecule has 21 heavy (non-hydrogen) atoms. The zero-order valence-electron chi connectivity index (χ0n) is 13.3. The summed E-state index contributed by atoms with van der Waals surface area (Å²) < 4.78 is 15.7. The minimum absolute atomic E-state index is 0.234. The summed E-state index contributed by atoms with van der Waals surface area (Å²) in [5, 5.41) is 2.81. The van der Waals surface area contributed by atoms with E-state index < -0.39 is 5.54 Å². The van der Waals surface area contributed by atoms with Crippen LogP contribution in [0.25, 0.3) is 0 Å². The summed E-state index contributed by atoms with van der Waals surface area (Å²) >= 11 is 0. The van der Waals surface area contributed by atoms with E-state index in [0.717, 1.165) is 0 Å². The molecule has 1 rings (SSSR count). The Balaban J connectivity index is 3.12. The Morgan fingerprint density at radius 1 is 1.10 bits per heavy atom. The first kappa shape index (κ1) is 17.1. The highest BCUT2D eigenvalue weighted by Crippen LogP contribution is 2.40. The van der Waals surface area contributed by atoms with Gasteiger partial charge in [0.25, 0.3) is 0 Å². The lowest BCUT2D eigenvalue weighted by atomic mass is 9.93. The lowest BCUT2D eigenvalue weighted by Gasteiger charge is -2.25. The lowest BCUT2D eigenvalue weighted by molar-refractivity contribution is -0.121. The number of methoxy groups -OCH3 is 3. The molecule has 6 heteroatoms. The molecule has 0 bridgehead atoms. The van der Waals surface area contributed by atoms with Crippen molar-refractivity contribution in [2.24, 2.45) is 5.73 Å². The molecule has 0 aliphatic rings. The molecule has 1 aromatic rings. The molecule has 0 heterocycles. The summed E-state index contributed by atoms with van der Waals surface area (Å²) in [6.45, 7) is 3.77. The molecule has 0 saturated heterocycles. The SMILES string of the molecule is CCC(N)(CC)C(=O)Nc1cc(OC)c(OC)c(OC)c1. The van der Waals surface area contributed by atoms with Crippen LogP contribution in [0.1, 0.15) is 26.7 Å². The van der Waals surface area contributed by atoms with Crippen LogP contribution in [0.5, 0.6) is 17.2 Å². The quantitative estimate of drug-likeness (QED) is 0.805. The molecule has 0 aromatic heterocycles. The van der Waals surface area contributed by atoms with Crippen LogP contribution in [0, 0.1) is 0 Å². The Hall–Kier alpha value is -1.95. The van der Waals surface area contributed by atoms with E-state index in [2.05, 4.69) is 5.32 Å². The topological polar surface area (TPSA) is 82.8 Å². The van der Waals surface area contributed by atoms with E-state index in [-0.39, 0.29) is 5.91 Å². The van der Waals surface area contributed by atoms with E-state index >= 15 is 0 Å². The molecule has 0 fully saturated rings. The first-order chi connectivity index (χ1) is 9.95.